The van der Waals surface area contributed by atoms with Crippen molar-refractivity contribution in [2.75, 3.05) is 44.3 Å². The van der Waals surface area contributed by atoms with Crippen LogP contribution >= 0.6 is 22.9 Å². The second-order valence-electron chi connectivity index (χ2n) is 8.36. The number of amides is 1. The lowest BCUT2D eigenvalue weighted by Gasteiger charge is -2.31. The highest BCUT2D eigenvalue weighted by Gasteiger charge is 2.19. The lowest BCUT2D eigenvalue weighted by Crippen LogP contribution is -2.38. The number of likely N-dealkylation sites (tertiary alicyclic amines) is 1. The molecule has 198 valence electrons. The minimum Gasteiger partial charge on any atom is -0.494 e. The number of aliphatic imine (C=N–C) groups is 1. The number of nitrogens with zero attached hydrogens (tertiary/aromatic N) is 4. The highest BCUT2D eigenvalue weighted by atomic mass is 35.5. The van der Waals surface area contributed by atoms with Gasteiger partial charge in [-0.25, -0.2) is 9.97 Å². The number of aromatic nitrogens is 3. The molecule has 2 aromatic rings. The smallest absolute Gasteiger partial charge is 0.307 e. The molecule has 2 aromatic heterocycles. The maximum atomic E-state index is 12.2. The quantitative estimate of drug-likeness (QED) is 0.133. The van der Waals surface area contributed by atoms with Gasteiger partial charge in [-0.15, -0.1) is 0 Å². The Morgan fingerprint density at radius 3 is 2.69 bits per heavy atom. The molecular formula is C21H32ClN9O4S. The number of hydrogen-bond donors (Lipinski definition) is 6. The Morgan fingerprint density at radius 2 is 2.00 bits per heavy atom. The Labute approximate surface area is 217 Å². The van der Waals surface area contributed by atoms with Gasteiger partial charge in [0, 0.05) is 26.2 Å². The summed E-state index contributed by atoms with van der Waals surface area (Å²) in [7, 11) is 0. The first-order valence-corrected chi connectivity index (χ1v) is 12.9. The Kier molecular flexibility index (Phi) is 10.3. The van der Waals surface area contributed by atoms with E-state index in [4.69, 9.17) is 33.5 Å². The van der Waals surface area contributed by atoms with Crippen molar-refractivity contribution in [1.29, 1.82) is 0 Å². The number of guanidine groups is 1. The first-order valence-electron chi connectivity index (χ1n) is 11.7. The van der Waals surface area contributed by atoms with E-state index in [0.717, 1.165) is 63.1 Å². The number of unbranched alkanes of at least 4 members (excludes halogenated alkanes) is 1. The van der Waals surface area contributed by atoms with Crippen molar-refractivity contribution >= 4 is 46.4 Å². The zero-order valence-corrected chi connectivity index (χ0v) is 21.4. The van der Waals surface area contributed by atoms with Crippen LogP contribution in [-0.2, 0) is 11.2 Å². The summed E-state index contributed by atoms with van der Waals surface area (Å²) < 4.78 is 5.96. The Balaban J connectivity index is 1.25. The van der Waals surface area contributed by atoms with E-state index in [-0.39, 0.29) is 45.3 Å². The Hall–Kier alpha value is -2.94. The Morgan fingerprint density at radius 1 is 1.25 bits per heavy atom. The number of halogens is 1. The molecule has 1 saturated heterocycles. The molecule has 1 aliphatic rings. The van der Waals surface area contributed by atoms with Crippen molar-refractivity contribution in [1.82, 2.24) is 25.2 Å². The number of H-pyrrole nitrogens is 1. The van der Waals surface area contributed by atoms with Crippen molar-refractivity contribution in [2.24, 2.45) is 10.7 Å². The zero-order valence-electron chi connectivity index (χ0n) is 19.8. The largest absolute Gasteiger partial charge is 0.494 e. The summed E-state index contributed by atoms with van der Waals surface area (Å²) in [6.07, 6.45) is 5.35. The summed E-state index contributed by atoms with van der Waals surface area (Å²) in [5, 5.41) is 11.9. The number of ether oxygens (including phenoxy) is 1. The minimum absolute atomic E-state index is 0.0278. The average Bonchev–Trinajstić information content (AvgIpc) is 3.16. The number of anilines is 2. The van der Waals surface area contributed by atoms with Crippen molar-refractivity contribution in [3.63, 3.8) is 0 Å². The average molecular weight is 542 g/mol. The van der Waals surface area contributed by atoms with E-state index in [1.807, 2.05) is 0 Å². The lowest BCUT2D eigenvalue weighted by molar-refractivity contribution is 0.00647. The first kappa shape index (κ1) is 27.6. The fourth-order valence-corrected chi connectivity index (χ4v) is 4.67. The molecule has 13 nitrogen and oxygen atoms in total. The van der Waals surface area contributed by atoms with Crippen LogP contribution < -0.4 is 27.4 Å². The first-order chi connectivity index (χ1) is 17.2. The molecule has 0 aliphatic carbocycles. The van der Waals surface area contributed by atoms with Crippen LogP contribution in [0.1, 0.15) is 47.5 Å². The predicted molar refractivity (Wildman–Crippen MR) is 139 cm³/mol. The highest BCUT2D eigenvalue weighted by Crippen LogP contribution is 2.19. The molecule has 1 aliphatic heterocycles. The number of aromatic amines is 1. The lowest BCUT2D eigenvalue weighted by atomic mass is 10.1. The third-order valence-electron chi connectivity index (χ3n) is 5.66. The van der Waals surface area contributed by atoms with E-state index in [9.17, 15) is 14.7 Å². The molecule has 0 unspecified atom stereocenters. The van der Waals surface area contributed by atoms with Gasteiger partial charge in [-0.1, -0.05) is 22.9 Å². The van der Waals surface area contributed by atoms with Crippen LogP contribution in [0.15, 0.2) is 9.79 Å². The maximum absolute atomic E-state index is 12.2. The van der Waals surface area contributed by atoms with Gasteiger partial charge in [-0.3, -0.25) is 24.9 Å². The van der Waals surface area contributed by atoms with Crippen LogP contribution in [0.3, 0.4) is 0 Å². The number of nitrogens with two attached hydrogens (primary N) is 3. The van der Waals surface area contributed by atoms with Crippen LogP contribution in [0.4, 0.5) is 11.6 Å². The fourth-order valence-electron chi connectivity index (χ4n) is 3.77. The topological polar surface area (TPSA) is 211 Å². The second-order valence-corrected chi connectivity index (χ2v) is 9.79. The summed E-state index contributed by atoms with van der Waals surface area (Å²) in [6, 6.07) is 0. The van der Waals surface area contributed by atoms with Crippen LogP contribution in [0.2, 0.25) is 5.15 Å². The second kappa shape index (κ2) is 13.4. The van der Waals surface area contributed by atoms with Crippen molar-refractivity contribution < 1.29 is 14.6 Å². The number of nitrogens with one attached hydrogen (secondary N) is 2. The van der Waals surface area contributed by atoms with Gasteiger partial charge in [-0.2, -0.15) is 0 Å². The molecule has 0 saturated carbocycles. The molecule has 0 aromatic carbocycles. The maximum Gasteiger partial charge on any atom is 0.307 e. The van der Waals surface area contributed by atoms with Crippen LogP contribution in [-0.4, -0.2) is 75.7 Å². The zero-order chi connectivity index (χ0) is 26.1. The van der Waals surface area contributed by atoms with E-state index >= 15 is 0 Å². The van der Waals surface area contributed by atoms with E-state index < -0.39 is 5.91 Å². The summed E-state index contributed by atoms with van der Waals surface area (Å²) in [4.78, 5) is 40.4. The molecule has 3 rings (SSSR count). The summed E-state index contributed by atoms with van der Waals surface area (Å²) in [6.45, 7) is 3.98. The van der Waals surface area contributed by atoms with Crippen LogP contribution in [0, 0.1) is 0 Å². The molecule has 36 heavy (non-hydrogen) atoms. The van der Waals surface area contributed by atoms with Gasteiger partial charge in [0.2, 0.25) is 5.88 Å². The highest BCUT2D eigenvalue weighted by molar-refractivity contribution is 7.09. The van der Waals surface area contributed by atoms with Crippen molar-refractivity contribution in [2.45, 2.75) is 44.6 Å². The molecule has 3 heterocycles. The molecular weight excluding hydrogens is 510 g/mol. The van der Waals surface area contributed by atoms with Gasteiger partial charge in [0.05, 0.1) is 11.0 Å². The van der Waals surface area contributed by atoms with Crippen molar-refractivity contribution in [3.8, 4) is 5.88 Å². The number of hydrogen-bond acceptors (Lipinski definition) is 11. The fraction of sp³-hybridized carbons (Fsp3) is 0.571. The molecule has 15 heteroatoms. The van der Waals surface area contributed by atoms with Crippen LogP contribution in [0.5, 0.6) is 5.88 Å². The number of carbonyl (C=O) groups is 1. The number of thiazole rings is 1. The van der Waals surface area contributed by atoms with Gasteiger partial charge < -0.3 is 31.9 Å². The van der Waals surface area contributed by atoms with Gasteiger partial charge in [-0.05, 0) is 45.1 Å². The van der Waals surface area contributed by atoms with E-state index in [2.05, 4.69) is 30.2 Å². The van der Waals surface area contributed by atoms with E-state index in [1.54, 1.807) is 0 Å². The molecule has 0 radical (unpaired) electrons. The van der Waals surface area contributed by atoms with Gasteiger partial charge in [0.1, 0.15) is 0 Å². The summed E-state index contributed by atoms with van der Waals surface area (Å²) >= 11 is 6.83. The normalized spacial score (nSPS) is 15.3. The number of aryl methyl sites for hydroxylation is 1. The monoisotopic (exact) mass is 541 g/mol. The standard InChI is InChI=1S/C21H32ClN9O4S/c22-15-17(24)28-16(23)14(27-15)19(33)29-20(25)26-7-1-2-8-31-9-5-12(6-10-31)35-11-3-4-13-18(32)30-21(34)36-13/h12,32H,1-11H2,(H,30,34)(H4,23,24,28)(H3,25,26,29,33). The number of nitrogen functional groups attached to an aromatic ring is 2. The predicted octanol–water partition coefficient (Wildman–Crippen LogP) is 0.688. The molecule has 0 bridgehead atoms. The molecule has 1 amide bonds. The third-order valence-corrected chi connectivity index (χ3v) is 6.87. The van der Waals surface area contributed by atoms with Crippen molar-refractivity contribution in [3.05, 3.63) is 25.4 Å². The summed E-state index contributed by atoms with van der Waals surface area (Å²) in [5.74, 6) is -0.927. The SMILES string of the molecule is NC(=NCCCCN1CCC(OCCCc2sc(=O)[nH]c2O)CC1)NC(=O)c1nc(Cl)c(N)nc1N. The molecule has 0 atom stereocenters. The van der Waals surface area contributed by atoms with E-state index in [1.165, 1.54) is 0 Å². The number of piperidine rings is 1. The third kappa shape index (κ3) is 8.33. The van der Waals surface area contributed by atoms with Gasteiger partial charge >= 0.3 is 4.87 Å². The Bertz CT molecular complexity index is 1120. The van der Waals surface area contributed by atoms with E-state index in [0.29, 0.717) is 24.4 Å². The number of rotatable bonds is 11. The van der Waals surface area contributed by atoms with Gasteiger partial charge in [0.25, 0.3) is 5.91 Å². The minimum atomic E-state index is -0.659. The molecule has 9 N–H and O–H groups in total. The number of aromatic hydroxyl groups is 1. The summed E-state index contributed by atoms with van der Waals surface area (Å²) in [5.41, 5.74) is 16.8. The molecule has 1 fully saturated rings. The van der Waals surface area contributed by atoms with Gasteiger partial charge in [0.15, 0.2) is 28.4 Å². The number of carbonyl (C=O) groups excluding carboxylic acids is 1. The van der Waals surface area contributed by atoms with Crippen LogP contribution in [0.25, 0.3) is 0 Å². The molecule has 0 spiro atoms.